The minimum absolute atomic E-state index is 0.0357. The van der Waals surface area contributed by atoms with Crippen molar-refractivity contribution in [3.8, 4) is 0 Å². The van der Waals surface area contributed by atoms with E-state index in [1.165, 1.54) is 29.0 Å². The molecule has 6 nitrogen and oxygen atoms in total. The predicted octanol–water partition coefficient (Wildman–Crippen LogP) is 4.22. The van der Waals surface area contributed by atoms with Crippen LogP contribution in [-0.2, 0) is 17.8 Å². The molecule has 0 aliphatic carbocycles. The fourth-order valence-corrected chi connectivity index (χ4v) is 5.35. The summed E-state index contributed by atoms with van der Waals surface area (Å²) in [6.45, 7) is 6.16. The largest absolute Gasteiger partial charge is 0.374 e. The van der Waals surface area contributed by atoms with Crippen molar-refractivity contribution >= 4 is 27.5 Å². The molecule has 1 N–H and O–H groups in total. The number of thiophene rings is 1. The molecule has 0 spiro atoms. The van der Waals surface area contributed by atoms with Crippen LogP contribution in [0.5, 0.6) is 0 Å². The average molecular weight is 479 g/mol. The number of hydrogen-bond donors (Lipinski definition) is 1. The molecule has 5 rings (SSSR count). The van der Waals surface area contributed by atoms with Gasteiger partial charge in [0.05, 0.1) is 29.8 Å². The van der Waals surface area contributed by atoms with Gasteiger partial charge in [-0.3, -0.25) is 14.4 Å². The molecule has 176 valence electrons. The number of hydrogen-bond acceptors (Lipinski definition) is 5. The fraction of sp³-hybridized carbons (Fsp3) is 0.308. The van der Waals surface area contributed by atoms with Crippen molar-refractivity contribution in [1.82, 2.24) is 20.0 Å². The maximum absolute atomic E-state index is 13.2. The van der Waals surface area contributed by atoms with Crippen LogP contribution in [0, 0.1) is 12.7 Å². The van der Waals surface area contributed by atoms with Gasteiger partial charge in [0.25, 0.3) is 5.91 Å². The lowest BCUT2D eigenvalue weighted by molar-refractivity contribution is -0.0292. The van der Waals surface area contributed by atoms with E-state index in [1.807, 2.05) is 23.7 Å². The van der Waals surface area contributed by atoms with Gasteiger partial charge in [-0.1, -0.05) is 42.5 Å². The lowest BCUT2D eigenvalue weighted by atomic mass is 10.2. The van der Waals surface area contributed by atoms with Crippen LogP contribution in [0.4, 0.5) is 4.39 Å². The second-order valence-corrected chi connectivity index (χ2v) is 9.65. The van der Waals surface area contributed by atoms with Gasteiger partial charge in [0.2, 0.25) is 0 Å². The van der Waals surface area contributed by atoms with Gasteiger partial charge in [0, 0.05) is 31.6 Å². The van der Waals surface area contributed by atoms with E-state index >= 15 is 0 Å². The van der Waals surface area contributed by atoms with Crippen molar-refractivity contribution in [2.24, 2.45) is 0 Å². The number of aryl methyl sites for hydroxylation is 1. The van der Waals surface area contributed by atoms with Gasteiger partial charge in [0.1, 0.15) is 10.6 Å². The van der Waals surface area contributed by atoms with Crippen LogP contribution in [0.25, 0.3) is 10.2 Å². The zero-order valence-corrected chi connectivity index (χ0v) is 19.9. The third kappa shape index (κ3) is 5.19. The number of carbonyl (C=O) groups is 1. The van der Waals surface area contributed by atoms with E-state index < -0.39 is 0 Å². The van der Waals surface area contributed by atoms with E-state index in [4.69, 9.17) is 4.74 Å². The van der Waals surface area contributed by atoms with Crippen molar-refractivity contribution < 1.29 is 13.9 Å². The zero-order chi connectivity index (χ0) is 23.5. The molecule has 1 unspecified atom stereocenters. The molecule has 8 heteroatoms. The van der Waals surface area contributed by atoms with E-state index in [9.17, 15) is 9.18 Å². The maximum atomic E-state index is 13.2. The molecule has 1 atom stereocenters. The van der Waals surface area contributed by atoms with Gasteiger partial charge in [-0.25, -0.2) is 4.39 Å². The molecule has 3 heterocycles. The Morgan fingerprint density at radius 3 is 2.71 bits per heavy atom. The quantitative estimate of drug-likeness (QED) is 0.432. The van der Waals surface area contributed by atoms with Crippen LogP contribution in [-0.4, -0.2) is 52.9 Å². The molecule has 2 aromatic carbocycles. The van der Waals surface area contributed by atoms with Crippen LogP contribution in [0.2, 0.25) is 0 Å². The van der Waals surface area contributed by atoms with Crippen LogP contribution in [0.15, 0.2) is 60.7 Å². The number of morpholine rings is 1. The number of nitrogens with zero attached hydrogens (tertiary/aromatic N) is 3. The van der Waals surface area contributed by atoms with Gasteiger partial charge in [-0.15, -0.1) is 11.3 Å². The highest BCUT2D eigenvalue weighted by atomic mass is 32.1. The van der Waals surface area contributed by atoms with Gasteiger partial charge in [-0.05, 0) is 36.2 Å². The normalized spacial score (nSPS) is 16.7. The van der Waals surface area contributed by atoms with Crippen molar-refractivity contribution in [1.29, 1.82) is 0 Å². The van der Waals surface area contributed by atoms with Gasteiger partial charge >= 0.3 is 0 Å². The molecule has 1 amide bonds. The molecule has 2 aromatic heterocycles. The number of fused-ring (bicyclic) bond motifs is 1. The summed E-state index contributed by atoms with van der Waals surface area (Å²) in [5.74, 6) is -0.358. The number of aromatic nitrogens is 2. The van der Waals surface area contributed by atoms with Gasteiger partial charge in [-0.2, -0.15) is 5.10 Å². The Bertz CT molecular complexity index is 1270. The molecule has 34 heavy (non-hydrogen) atoms. The smallest absolute Gasteiger partial charge is 0.261 e. The SMILES string of the molecule is Cc1nn(Cc2ccc(F)cc2)c2sc(C(=O)NCC3CN(Cc4ccccc4)CCO3)cc12. The maximum Gasteiger partial charge on any atom is 0.261 e. The number of rotatable bonds is 7. The van der Waals surface area contributed by atoms with Crippen LogP contribution in [0.3, 0.4) is 0 Å². The average Bonchev–Trinajstić information content (AvgIpc) is 3.41. The van der Waals surface area contributed by atoms with Crippen molar-refractivity contribution in [3.63, 3.8) is 0 Å². The molecular weight excluding hydrogens is 451 g/mol. The second-order valence-electron chi connectivity index (χ2n) is 8.62. The Kier molecular flexibility index (Phi) is 6.71. The summed E-state index contributed by atoms with van der Waals surface area (Å²) in [5.41, 5.74) is 3.11. The van der Waals surface area contributed by atoms with Crippen LogP contribution < -0.4 is 5.32 Å². The second kappa shape index (κ2) is 10.0. The molecule has 0 bridgehead atoms. The first-order valence-corrected chi connectivity index (χ1v) is 12.2. The summed E-state index contributed by atoms with van der Waals surface area (Å²) in [5, 5.41) is 8.63. The Morgan fingerprint density at radius 2 is 1.91 bits per heavy atom. The monoisotopic (exact) mass is 478 g/mol. The summed E-state index contributed by atoms with van der Waals surface area (Å²) in [4.78, 5) is 16.9. The number of carbonyl (C=O) groups excluding carboxylic acids is 1. The van der Waals surface area contributed by atoms with E-state index in [-0.39, 0.29) is 17.8 Å². The molecular formula is C26H27FN4O2S. The van der Waals surface area contributed by atoms with E-state index in [2.05, 4.69) is 39.6 Å². The number of ether oxygens (including phenoxy) is 1. The first-order valence-electron chi connectivity index (χ1n) is 11.4. The van der Waals surface area contributed by atoms with E-state index in [0.29, 0.717) is 24.6 Å². The Hall–Kier alpha value is -3.07. The molecule has 1 aliphatic rings. The fourth-order valence-electron chi connectivity index (χ4n) is 4.28. The summed E-state index contributed by atoms with van der Waals surface area (Å²) < 4.78 is 21.0. The molecule has 1 fully saturated rings. The van der Waals surface area contributed by atoms with Crippen molar-refractivity contribution in [2.45, 2.75) is 26.1 Å². The summed E-state index contributed by atoms with van der Waals surface area (Å²) in [7, 11) is 0. The standard InChI is InChI=1S/C26H27FN4O2S/c1-18-23-13-24(34-26(23)31(29-18)16-20-7-9-21(27)10-8-20)25(32)28-14-22-17-30(11-12-33-22)15-19-5-3-2-4-6-19/h2-10,13,22H,11-12,14-17H2,1H3,(H,28,32). The van der Waals surface area contributed by atoms with Gasteiger partial charge < -0.3 is 10.1 Å². The zero-order valence-electron chi connectivity index (χ0n) is 19.0. The van der Waals surface area contributed by atoms with Crippen molar-refractivity contribution in [2.75, 3.05) is 26.2 Å². The summed E-state index contributed by atoms with van der Waals surface area (Å²) in [6.07, 6.45) is -0.0357. The molecule has 4 aromatic rings. The van der Waals surface area contributed by atoms with Crippen LogP contribution in [0.1, 0.15) is 26.5 Å². The predicted molar refractivity (Wildman–Crippen MR) is 132 cm³/mol. The lowest BCUT2D eigenvalue weighted by Gasteiger charge is -2.33. The summed E-state index contributed by atoms with van der Waals surface area (Å²) >= 11 is 1.43. The molecule has 0 radical (unpaired) electrons. The van der Waals surface area contributed by atoms with Crippen molar-refractivity contribution in [3.05, 3.63) is 88.2 Å². The van der Waals surface area contributed by atoms with Gasteiger partial charge in [0.15, 0.2) is 0 Å². The molecule has 1 saturated heterocycles. The van der Waals surface area contributed by atoms with E-state index in [0.717, 1.165) is 41.1 Å². The number of benzene rings is 2. The first kappa shape index (κ1) is 22.7. The highest BCUT2D eigenvalue weighted by Crippen LogP contribution is 2.29. The third-order valence-electron chi connectivity index (χ3n) is 6.04. The Morgan fingerprint density at radius 1 is 1.15 bits per heavy atom. The lowest BCUT2D eigenvalue weighted by Crippen LogP contribution is -2.47. The first-order chi connectivity index (χ1) is 16.5. The van der Waals surface area contributed by atoms with Crippen LogP contribution >= 0.6 is 11.3 Å². The molecule has 0 saturated carbocycles. The number of amides is 1. The number of nitrogens with one attached hydrogen (secondary N) is 1. The summed E-state index contributed by atoms with van der Waals surface area (Å²) in [6, 6.07) is 18.7. The Labute approximate surface area is 202 Å². The highest BCUT2D eigenvalue weighted by molar-refractivity contribution is 7.20. The number of halogens is 1. The Balaban J connectivity index is 1.21. The minimum atomic E-state index is -0.259. The minimum Gasteiger partial charge on any atom is -0.374 e. The van der Waals surface area contributed by atoms with E-state index in [1.54, 1.807) is 12.1 Å². The molecule has 1 aliphatic heterocycles. The highest BCUT2D eigenvalue weighted by Gasteiger charge is 2.22. The third-order valence-corrected chi connectivity index (χ3v) is 7.19. The topological polar surface area (TPSA) is 59.4 Å².